The Morgan fingerprint density at radius 3 is 2.89 bits per heavy atom. The molecule has 0 radical (unpaired) electrons. The largest absolute Gasteiger partial charge is 0.330 e. The van der Waals surface area contributed by atoms with Crippen LogP contribution in [0.1, 0.15) is 18.5 Å². The molecule has 4 nitrogen and oxygen atoms in total. The van der Waals surface area contributed by atoms with Crippen LogP contribution in [-0.4, -0.2) is 20.9 Å². The smallest absolute Gasteiger partial charge is 0.137 e. The molecule has 19 heavy (non-hydrogen) atoms. The molecule has 0 saturated carbocycles. The van der Waals surface area contributed by atoms with Crippen molar-refractivity contribution >= 4 is 5.65 Å². The number of nitrogens with zero attached hydrogens (tertiary/aromatic N) is 3. The lowest BCUT2D eigenvalue weighted by atomic mass is 10.0. The maximum atomic E-state index is 5.84. The molecule has 96 valence electrons. The summed E-state index contributed by atoms with van der Waals surface area (Å²) in [6.07, 6.45) is 5.64. The maximum Gasteiger partial charge on any atom is 0.137 e. The Morgan fingerprint density at radius 2 is 2.16 bits per heavy atom. The number of rotatable bonds is 3. The van der Waals surface area contributed by atoms with E-state index in [0.717, 1.165) is 22.6 Å². The van der Waals surface area contributed by atoms with Crippen LogP contribution in [0.2, 0.25) is 0 Å². The number of nitrogens with two attached hydrogens (primary N) is 1. The molecule has 3 aromatic heterocycles. The molecule has 0 aromatic carbocycles. The van der Waals surface area contributed by atoms with Gasteiger partial charge in [-0.25, -0.2) is 4.98 Å². The van der Waals surface area contributed by atoms with Gasteiger partial charge in [0.25, 0.3) is 0 Å². The molecule has 0 spiro atoms. The second-order valence-corrected chi connectivity index (χ2v) is 4.65. The van der Waals surface area contributed by atoms with E-state index in [9.17, 15) is 0 Å². The zero-order chi connectivity index (χ0) is 13.2. The molecule has 0 aliphatic rings. The van der Waals surface area contributed by atoms with Crippen LogP contribution in [0.4, 0.5) is 0 Å². The van der Waals surface area contributed by atoms with Gasteiger partial charge in [-0.2, -0.15) is 0 Å². The lowest BCUT2D eigenvalue weighted by molar-refractivity contribution is 0.738. The summed E-state index contributed by atoms with van der Waals surface area (Å²) in [5, 5.41) is 0. The van der Waals surface area contributed by atoms with Gasteiger partial charge < -0.3 is 10.1 Å². The summed E-state index contributed by atoms with van der Waals surface area (Å²) < 4.78 is 2.11. The first-order valence-corrected chi connectivity index (χ1v) is 6.38. The number of imidazole rings is 1. The van der Waals surface area contributed by atoms with Gasteiger partial charge in [0.1, 0.15) is 5.65 Å². The van der Waals surface area contributed by atoms with Gasteiger partial charge in [0, 0.05) is 36.6 Å². The fraction of sp³-hybridized carbons (Fsp3) is 0.200. The first-order chi connectivity index (χ1) is 9.31. The first-order valence-electron chi connectivity index (χ1n) is 6.38. The van der Waals surface area contributed by atoms with Crippen molar-refractivity contribution in [3.63, 3.8) is 0 Å². The van der Waals surface area contributed by atoms with Gasteiger partial charge in [0.2, 0.25) is 0 Å². The number of hydrogen-bond acceptors (Lipinski definition) is 3. The monoisotopic (exact) mass is 252 g/mol. The van der Waals surface area contributed by atoms with Gasteiger partial charge in [-0.15, -0.1) is 0 Å². The van der Waals surface area contributed by atoms with Gasteiger partial charge >= 0.3 is 0 Å². The quantitative estimate of drug-likeness (QED) is 0.779. The summed E-state index contributed by atoms with van der Waals surface area (Å²) in [7, 11) is 0. The highest BCUT2D eigenvalue weighted by Gasteiger charge is 2.18. The Labute approximate surface area is 111 Å². The normalized spacial score (nSPS) is 12.7. The highest BCUT2D eigenvalue weighted by Crippen LogP contribution is 2.28. The van der Waals surface area contributed by atoms with Crippen LogP contribution in [-0.2, 0) is 0 Å². The summed E-state index contributed by atoms with van der Waals surface area (Å²) >= 11 is 0. The zero-order valence-corrected chi connectivity index (χ0v) is 10.8. The predicted molar refractivity (Wildman–Crippen MR) is 75.9 cm³/mol. The van der Waals surface area contributed by atoms with Crippen LogP contribution >= 0.6 is 0 Å². The topological polar surface area (TPSA) is 56.2 Å². The molecule has 2 N–H and O–H groups in total. The third-order valence-corrected chi connectivity index (χ3v) is 3.32. The molecule has 3 rings (SSSR count). The third kappa shape index (κ3) is 2.00. The van der Waals surface area contributed by atoms with Crippen molar-refractivity contribution in [1.82, 2.24) is 14.4 Å². The van der Waals surface area contributed by atoms with Crippen LogP contribution < -0.4 is 5.73 Å². The van der Waals surface area contributed by atoms with Crippen molar-refractivity contribution in [2.75, 3.05) is 6.54 Å². The van der Waals surface area contributed by atoms with Crippen molar-refractivity contribution < 1.29 is 0 Å². The van der Waals surface area contributed by atoms with Crippen LogP contribution in [0, 0.1) is 0 Å². The number of fused-ring (bicyclic) bond motifs is 1. The molecular formula is C15H16N4. The number of aromatic nitrogens is 3. The highest BCUT2D eigenvalue weighted by molar-refractivity contribution is 5.66. The van der Waals surface area contributed by atoms with Crippen LogP contribution in [0.25, 0.3) is 16.9 Å². The summed E-state index contributed by atoms with van der Waals surface area (Å²) in [6.45, 7) is 2.71. The molecule has 3 heterocycles. The summed E-state index contributed by atoms with van der Waals surface area (Å²) in [5.74, 6) is 0.243. The molecule has 0 amide bonds. The molecule has 0 fully saturated rings. The van der Waals surface area contributed by atoms with Gasteiger partial charge in [-0.1, -0.05) is 13.0 Å². The lowest BCUT2D eigenvalue weighted by Crippen LogP contribution is -2.12. The average Bonchev–Trinajstić information content (AvgIpc) is 2.87. The minimum absolute atomic E-state index is 0.243. The minimum atomic E-state index is 0.243. The summed E-state index contributed by atoms with van der Waals surface area (Å²) in [4.78, 5) is 8.90. The highest BCUT2D eigenvalue weighted by atomic mass is 15.0. The lowest BCUT2D eigenvalue weighted by Gasteiger charge is -2.11. The van der Waals surface area contributed by atoms with E-state index in [0.29, 0.717) is 6.54 Å². The molecule has 0 aliphatic heterocycles. The molecule has 0 saturated heterocycles. The van der Waals surface area contributed by atoms with Gasteiger partial charge in [0.15, 0.2) is 0 Å². The standard InChI is InChI=1S/C15H16N4/c1-11(9-16)15-14(12-5-4-7-17-10-12)18-13-6-2-3-8-19(13)15/h2-8,10-11H,9,16H2,1H3. The Hall–Kier alpha value is -2.20. The average molecular weight is 252 g/mol. The van der Waals surface area contributed by atoms with E-state index >= 15 is 0 Å². The van der Waals surface area contributed by atoms with E-state index in [1.807, 2.05) is 42.7 Å². The third-order valence-electron chi connectivity index (χ3n) is 3.32. The van der Waals surface area contributed by atoms with Crippen molar-refractivity contribution in [2.45, 2.75) is 12.8 Å². The van der Waals surface area contributed by atoms with E-state index in [4.69, 9.17) is 10.7 Å². The Balaban J connectivity index is 2.29. The van der Waals surface area contributed by atoms with Crippen molar-refractivity contribution in [1.29, 1.82) is 0 Å². The Bertz CT molecular complexity index is 688. The van der Waals surface area contributed by atoms with Gasteiger partial charge in [0.05, 0.1) is 11.4 Å². The molecule has 0 aliphatic carbocycles. The second kappa shape index (κ2) is 4.82. The maximum absolute atomic E-state index is 5.84. The molecule has 1 atom stereocenters. The van der Waals surface area contributed by atoms with Crippen molar-refractivity contribution in [3.05, 3.63) is 54.6 Å². The predicted octanol–water partition coefficient (Wildman–Crippen LogP) is 2.46. The molecular weight excluding hydrogens is 236 g/mol. The van der Waals surface area contributed by atoms with E-state index in [-0.39, 0.29) is 5.92 Å². The number of pyridine rings is 2. The van der Waals surface area contributed by atoms with Crippen LogP contribution in [0.15, 0.2) is 48.9 Å². The summed E-state index contributed by atoms with van der Waals surface area (Å²) in [6, 6.07) is 9.96. The van der Waals surface area contributed by atoms with Crippen LogP contribution in [0.5, 0.6) is 0 Å². The van der Waals surface area contributed by atoms with E-state index in [1.165, 1.54) is 0 Å². The molecule has 1 unspecified atom stereocenters. The summed E-state index contributed by atoms with van der Waals surface area (Å²) in [5.41, 5.74) is 9.93. The van der Waals surface area contributed by atoms with E-state index < -0.39 is 0 Å². The second-order valence-electron chi connectivity index (χ2n) is 4.65. The van der Waals surface area contributed by atoms with Crippen molar-refractivity contribution in [3.8, 4) is 11.3 Å². The molecule has 0 bridgehead atoms. The first kappa shape index (κ1) is 11.9. The van der Waals surface area contributed by atoms with Gasteiger partial charge in [-0.05, 0) is 24.3 Å². The Kier molecular flexibility index (Phi) is 3.01. The van der Waals surface area contributed by atoms with Crippen molar-refractivity contribution in [2.24, 2.45) is 5.73 Å². The molecule has 4 heteroatoms. The zero-order valence-electron chi connectivity index (χ0n) is 10.8. The SMILES string of the molecule is CC(CN)c1c(-c2cccnc2)nc2ccccn12. The van der Waals surface area contributed by atoms with E-state index in [1.54, 1.807) is 6.20 Å². The number of hydrogen-bond donors (Lipinski definition) is 1. The fourth-order valence-electron chi connectivity index (χ4n) is 2.31. The fourth-order valence-corrected chi connectivity index (χ4v) is 2.31. The van der Waals surface area contributed by atoms with E-state index in [2.05, 4.69) is 16.3 Å². The Morgan fingerprint density at radius 1 is 1.26 bits per heavy atom. The molecule has 3 aromatic rings. The minimum Gasteiger partial charge on any atom is -0.330 e. The van der Waals surface area contributed by atoms with Gasteiger partial charge in [-0.3, -0.25) is 4.98 Å². The van der Waals surface area contributed by atoms with Crippen LogP contribution in [0.3, 0.4) is 0 Å².